The van der Waals surface area contributed by atoms with Crippen molar-refractivity contribution in [2.24, 2.45) is 0 Å². The highest BCUT2D eigenvalue weighted by atomic mass is 35.5. The standard InChI is InChI=1S/C21H17ClN2S2/c1-13-8-10-16(11-9-13)17-14(2)26-20-18(17)19(22)23-21(24-20)25-12-15-6-4-3-5-7-15/h3-11H,12H2,1-2H3. The average Bonchev–Trinajstić information content (AvgIpc) is 2.98. The van der Waals surface area contributed by atoms with Crippen LogP contribution in [0.25, 0.3) is 21.3 Å². The van der Waals surface area contributed by atoms with Crippen LogP contribution in [0.1, 0.15) is 16.0 Å². The normalized spacial score (nSPS) is 11.2. The molecule has 0 atom stereocenters. The first-order valence-electron chi connectivity index (χ1n) is 8.32. The number of thioether (sulfide) groups is 1. The Kier molecular flexibility index (Phi) is 4.98. The van der Waals surface area contributed by atoms with Crippen LogP contribution in [-0.2, 0) is 5.75 Å². The van der Waals surface area contributed by atoms with Crippen LogP contribution in [0, 0.1) is 13.8 Å². The fraction of sp³-hybridized carbons (Fsp3) is 0.143. The molecule has 0 spiro atoms. The largest absolute Gasteiger partial charge is 0.211 e. The summed E-state index contributed by atoms with van der Waals surface area (Å²) in [6, 6.07) is 18.8. The van der Waals surface area contributed by atoms with Crippen molar-refractivity contribution in [1.29, 1.82) is 0 Å². The number of fused-ring (bicyclic) bond motifs is 1. The number of rotatable bonds is 4. The second kappa shape index (κ2) is 7.39. The zero-order chi connectivity index (χ0) is 18.1. The van der Waals surface area contributed by atoms with Gasteiger partial charge in [-0.05, 0) is 25.0 Å². The molecule has 0 saturated heterocycles. The summed E-state index contributed by atoms with van der Waals surface area (Å²) < 4.78 is 0. The third-order valence-corrected chi connectivity index (χ3v) is 6.40. The summed E-state index contributed by atoms with van der Waals surface area (Å²) in [6.45, 7) is 4.21. The third kappa shape index (κ3) is 3.50. The molecule has 2 heterocycles. The highest BCUT2D eigenvalue weighted by molar-refractivity contribution is 7.98. The van der Waals surface area contributed by atoms with Crippen molar-refractivity contribution in [3.8, 4) is 11.1 Å². The number of benzene rings is 2. The van der Waals surface area contributed by atoms with Gasteiger partial charge in [0.1, 0.15) is 9.98 Å². The van der Waals surface area contributed by atoms with E-state index in [0.29, 0.717) is 5.15 Å². The molecule has 2 aromatic carbocycles. The second-order valence-corrected chi connectivity index (χ2v) is 8.65. The molecule has 0 N–H and O–H groups in total. The summed E-state index contributed by atoms with van der Waals surface area (Å²) in [6.07, 6.45) is 0. The molecule has 0 aliphatic rings. The number of halogens is 1. The molecule has 5 heteroatoms. The smallest absolute Gasteiger partial charge is 0.190 e. The van der Waals surface area contributed by atoms with Crippen LogP contribution in [0.3, 0.4) is 0 Å². The minimum Gasteiger partial charge on any atom is -0.211 e. The van der Waals surface area contributed by atoms with Crippen molar-refractivity contribution in [3.05, 3.63) is 75.8 Å². The molecule has 4 rings (SSSR count). The number of aryl methyl sites for hydroxylation is 2. The van der Waals surface area contributed by atoms with Crippen LogP contribution in [0.2, 0.25) is 5.15 Å². The van der Waals surface area contributed by atoms with E-state index in [1.807, 2.05) is 18.2 Å². The number of hydrogen-bond acceptors (Lipinski definition) is 4. The van der Waals surface area contributed by atoms with Crippen LogP contribution in [-0.4, -0.2) is 9.97 Å². The SMILES string of the molecule is Cc1ccc(-c2c(C)sc3nc(SCc4ccccc4)nc(Cl)c23)cc1. The first-order chi connectivity index (χ1) is 12.6. The van der Waals surface area contributed by atoms with E-state index in [1.54, 1.807) is 23.1 Å². The molecule has 0 saturated carbocycles. The van der Waals surface area contributed by atoms with Crippen LogP contribution in [0.5, 0.6) is 0 Å². The van der Waals surface area contributed by atoms with Gasteiger partial charge in [-0.15, -0.1) is 11.3 Å². The highest BCUT2D eigenvalue weighted by Crippen LogP contribution is 2.41. The molecule has 0 aliphatic heterocycles. The molecule has 0 unspecified atom stereocenters. The minimum absolute atomic E-state index is 0.533. The van der Waals surface area contributed by atoms with Gasteiger partial charge in [0.05, 0.1) is 5.39 Å². The lowest BCUT2D eigenvalue weighted by atomic mass is 10.0. The molecule has 2 nitrogen and oxygen atoms in total. The number of thiophene rings is 1. The van der Waals surface area contributed by atoms with E-state index in [-0.39, 0.29) is 0 Å². The van der Waals surface area contributed by atoms with Gasteiger partial charge < -0.3 is 0 Å². The van der Waals surface area contributed by atoms with Crippen molar-refractivity contribution in [2.75, 3.05) is 0 Å². The van der Waals surface area contributed by atoms with Crippen LogP contribution >= 0.6 is 34.7 Å². The Morgan fingerprint density at radius 1 is 0.962 bits per heavy atom. The second-order valence-electron chi connectivity index (χ2n) is 6.15. The summed E-state index contributed by atoms with van der Waals surface area (Å²) in [4.78, 5) is 11.5. The van der Waals surface area contributed by atoms with Crippen molar-refractivity contribution < 1.29 is 0 Å². The van der Waals surface area contributed by atoms with Gasteiger partial charge in [-0.1, -0.05) is 83.5 Å². The summed E-state index contributed by atoms with van der Waals surface area (Å²) in [7, 11) is 0. The molecule has 26 heavy (non-hydrogen) atoms. The molecule has 0 aliphatic carbocycles. The lowest BCUT2D eigenvalue weighted by molar-refractivity contribution is 1.01. The summed E-state index contributed by atoms with van der Waals surface area (Å²) in [5.41, 5.74) is 4.80. The maximum atomic E-state index is 6.59. The average molecular weight is 397 g/mol. The van der Waals surface area contributed by atoms with E-state index in [0.717, 1.165) is 32.3 Å². The van der Waals surface area contributed by atoms with E-state index < -0.39 is 0 Å². The summed E-state index contributed by atoms with van der Waals surface area (Å²) in [5.74, 6) is 0.831. The van der Waals surface area contributed by atoms with Crippen LogP contribution in [0.15, 0.2) is 59.8 Å². The van der Waals surface area contributed by atoms with Gasteiger partial charge in [-0.25, -0.2) is 9.97 Å². The Morgan fingerprint density at radius 2 is 1.69 bits per heavy atom. The van der Waals surface area contributed by atoms with Gasteiger partial charge in [0, 0.05) is 16.2 Å². The predicted molar refractivity (Wildman–Crippen MR) is 113 cm³/mol. The molecule has 4 aromatic rings. The summed E-state index contributed by atoms with van der Waals surface area (Å²) >= 11 is 9.88. The molecule has 0 radical (unpaired) electrons. The van der Waals surface area contributed by atoms with Crippen molar-refractivity contribution >= 4 is 44.9 Å². The van der Waals surface area contributed by atoms with Crippen molar-refractivity contribution in [3.63, 3.8) is 0 Å². The molecular formula is C21H17ClN2S2. The lowest BCUT2D eigenvalue weighted by Crippen LogP contribution is -1.90. The van der Waals surface area contributed by atoms with Gasteiger partial charge >= 0.3 is 0 Å². The number of aromatic nitrogens is 2. The molecule has 0 amide bonds. The van der Waals surface area contributed by atoms with Crippen molar-refractivity contribution in [1.82, 2.24) is 9.97 Å². The Hall–Kier alpha value is -1.88. The maximum Gasteiger partial charge on any atom is 0.190 e. The predicted octanol–water partition coefficient (Wildman–Crippen LogP) is 6.92. The quantitative estimate of drug-likeness (QED) is 0.212. The molecule has 130 valence electrons. The van der Waals surface area contributed by atoms with Gasteiger partial charge in [-0.3, -0.25) is 0 Å². The van der Waals surface area contributed by atoms with Crippen molar-refractivity contribution in [2.45, 2.75) is 24.8 Å². The topological polar surface area (TPSA) is 25.8 Å². The summed E-state index contributed by atoms with van der Waals surface area (Å²) in [5, 5.41) is 2.22. The Labute approximate surface area is 166 Å². The van der Waals surface area contributed by atoms with E-state index in [4.69, 9.17) is 16.6 Å². The van der Waals surface area contributed by atoms with Crippen LogP contribution in [0.4, 0.5) is 0 Å². The van der Waals surface area contributed by atoms with Gasteiger partial charge in [-0.2, -0.15) is 0 Å². The number of hydrogen-bond donors (Lipinski definition) is 0. The first kappa shape index (κ1) is 17.5. The third-order valence-electron chi connectivity index (χ3n) is 4.21. The van der Waals surface area contributed by atoms with E-state index in [9.17, 15) is 0 Å². The van der Waals surface area contributed by atoms with Gasteiger partial charge in [0.2, 0.25) is 0 Å². The Morgan fingerprint density at radius 3 is 2.42 bits per heavy atom. The molecule has 0 fully saturated rings. The zero-order valence-electron chi connectivity index (χ0n) is 14.5. The molecule has 2 aromatic heterocycles. The van der Waals surface area contributed by atoms with E-state index in [2.05, 4.69) is 55.2 Å². The van der Waals surface area contributed by atoms with Gasteiger partial charge in [0.25, 0.3) is 0 Å². The minimum atomic E-state index is 0.533. The maximum absolute atomic E-state index is 6.59. The Bertz CT molecular complexity index is 1060. The van der Waals surface area contributed by atoms with E-state index >= 15 is 0 Å². The monoisotopic (exact) mass is 396 g/mol. The Balaban J connectivity index is 1.71. The lowest BCUT2D eigenvalue weighted by Gasteiger charge is -2.05. The fourth-order valence-electron chi connectivity index (χ4n) is 2.91. The van der Waals surface area contributed by atoms with E-state index in [1.165, 1.54) is 16.0 Å². The first-order valence-corrected chi connectivity index (χ1v) is 10.5. The highest BCUT2D eigenvalue weighted by Gasteiger charge is 2.17. The van der Waals surface area contributed by atoms with Crippen LogP contribution < -0.4 is 0 Å². The fourth-order valence-corrected chi connectivity index (χ4v) is 5.18. The van der Waals surface area contributed by atoms with Gasteiger partial charge in [0.15, 0.2) is 5.16 Å². The zero-order valence-corrected chi connectivity index (χ0v) is 16.9. The number of nitrogens with zero attached hydrogens (tertiary/aromatic N) is 2. The molecular weight excluding hydrogens is 380 g/mol. The molecule has 0 bridgehead atoms.